The van der Waals surface area contributed by atoms with Crippen LogP contribution >= 0.6 is 0 Å². The molecular formula is C19H24N4O2. The summed E-state index contributed by atoms with van der Waals surface area (Å²) < 4.78 is 5.39. The molecule has 1 aliphatic rings. The van der Waals surface area contributed by atoms with Crippen LogP contribution in [0.3, 0.4) is 0 Å². The molecule has 1 saturated heterocycles. The number of pyridine rings is 1. The molecule has 0 bridgehead atoms. The van der Waals surface area contributed by atoms with E-state index >= 15 is 0 Å². The fraction of sp³-hybridized carbons (Fsp3) is 0.368. The Bertz CT molecular complexity index is 692. The van der Waals surface area contributed by atoms with Crippen molar-refractivity contribution >= 4 is 17.4 Å². The Morgan fingerprint density at radius 1 is 1.12 bits per heavy atom. The van der Waals surface area contributed by atoms with E-state index < -0.39 is 0 Å². The van der Waals surface area contributed by atoms with Crippen LogP contribution in [0.15, 0.2) is 42.6 Å². The fourth-order valence-electron chi connectivity index (χ4n) is 2.76. The summed E-state index contributed by atoms with van der Waals surface area (Å²) >= 11 is 0. The summed E-state index contributed by atoms with van der Waals surface area (Å²) in [5.41, 5.74) is 1.28. The predicted molar refractivity (Wildman–Crippen MR) is 99.5 cm³/mol. The number of rotatable bonds is 5. The third-order valence-corrected chi connectivity index (χ3v) is 4.26. The number of nitrogens with zero attached hydrogens (tertiary/aromatic N) is 3. The SMILES string of the molecule is CCOc1ccc(C(=O)Nc2ccc(N3CCN(C)CC3)nc2)cc1. The zero-order valence-corrected chi connectivity index (χ0v) is 14.7. The van der Waals surface area contributed by atoms with Crippen molar-refractivity contribution in [2.75, 3.05) is 50.1 Å². The molecule has 0 saturated carbocycles. The second kappa shape index (κ2) is 7.98. The fourth-order valence-corrected chi connectivity index (χ4v) is 2.76. The van der Waals surface area contributed by atoms with Crippen LogP contribution in [-0.2, 0) is 0 Å². The zero-order chi connectivity index (χ0) is 17.6. The molecule has 132 valence electrons. The molecule has 0 unspecified atom stereocenters. The minimum absolute atomic E-state index is 0.155. The number of likely N-dealkylation sites (N-methyl/N-ethyl adjacent to an activating group) is 1. The largest absolute Gasteiger partial charge is 0.494 e. The Balaban J connectivity index is 1.60. The van der Waals surface area contributed by atoms with Gasteiger partial charge in [-0.05, 0) is 50.4 Å². The smallest absolute Gasteiger partial charge is 0.255 e. The van der Waals surface area contributed by atoms with Crippen molar-refractivity contribution in [1.29, 1.82) is 0 Å². The van der Waals surface area contributed by atoms with Crippen molar-refractivity contribution in [3.8, 4) is 5.75 Å². The first-order chi connectivity index (χ1) is 12.2. The maximum Gasteiger partial charge on any atom is 0.255 e. The Kier molecular flexibility index (Phi) is 5.50. The zero-order valence-electron chi connectivity index (χ0n) is 14.7. The number of benzene rings is 1. The van der Waals surface area contributed by atoms with Crippen LogP contribution in [0.25, 0.3) is 0 Å². The molecule has 1 fully saturated rings. The maximum absolute atomic E-state index is 12.3. The van der Waals surface area contributed by atoms with E-state index in [-0.39, 0.29) is 5.91 Å². The third-order valence-electron chi connectivity index (χ3n) is 4.26. The van der Waals surface area contributed by atoms with E-state index in [0.29, 0.717) is 17.9 Å². The predicted octanol–water partition coefficient (Wildman–Crippen LogP) is 2.48. The first-order valence-corrected chi connectivity index (χ1v) is 8.59. The van der Waals surface area contributed by atoms with Gasteiger partial charge in [-0.25, -0.2) is 4.98 Å². The van der Waals surface area contributed by atoms with Crippen LogP contribution in [0.1, 0.15) is 17.3 Å². The summed E-state index contributed by atoms with van der Waals surface area (Å²) in [7, 11) is 2.13. The lowest BCUT2D eigenvalue weighted by Crippen LogP contribution is -2.44. The number of amides is 1. The lowest BCUT2D eigenvalue weighted by molar-refractivity contribution is 0.102. The second-order valence-corrected chi connectivity index (χ2v) is 6.11. The highest BCUT2D eigenvalue weighted by Gasteiger charge is 2.15. The molecular weight excluding hydrogens is 316 g/mol. The quantitative estimate of drug-likeness (QED) is 0.906. The van der Waals surface area contributed by atoms with Crippen molar-refractivity contribution in [2.45, 2.75) is 6.92 Å². The Morgan fingerprint density at radius 3 is 2.44 bits per heavy atom. The third kappa shape index (κ3) is 4.48. The molecule has 0 spiro atoms. The normalized spacial score (nSPS) is 15.0. The van der Waals surface area contributed by atoms with E-state index in [1.165, 1.54) is 0 Å². The van der Waals surface area contributed by atoms with Gasteiger partial charge in [0.2, 0.25) is 0 Å². The van der Waals surface area contributed by atoms with Crippen LogP contribution in [0.5, 0.6) is 5.75 Å². The number of carbonyl (C=O) groups is 1. The Labute approximate surface area is 148 Å². The number of nitrogens with one attached hydrogen (secondary N) is 1. The lowest BCUT2D eigenvalue weighted by atomic mass is 10.2. The molecule has 25 heavy (non-hydrogen) atoms. The molecule has 0 atom stereocenters. The van der Waals surface area contributed by atoms with Gasteiger partial charge in [0, 0.05) is 31.7 Å². The maximum atomic E-state index is 12.3. The highest BCUT2D eigenvalue weighted by atomic mass is 16.5. The average Bonchev–Trinajstić information content (AvgIpc) is 2.64. The number of ether oxygens (including phenoxy) is 1. The molecule has 3 rings (SSSR count). The molecule has 1 aliphatic heterocycles. The Hall–Kier alpha value is -2.60. The van der Waals surface area contributed by atoms with Crippen molar-refractivity contribution < 1.29 is 9.53 Å². The van der Waals surface area contributed by atoms with Gasteiger partial charge in [-0.3, -0.25) is 4.79 Å². The highest BCUT2D eigenvalue weighted by Crippen LogP contribution is 2.17. The van der Waals surface area contributed by atoms with Gasteiger partial charge in [0.05, 0.1) is 18.5 Å². The summed E-state index contributed by atoms with van der Waals surface area (Å²) in [4.78, 5) is 21.4. The Morgan fingerprint density at radius 2 is 1.84 bits per heavy atom. The van der Waals surface area contributed by atoms with Crippen LogP contribution in [0, 0.1) is 0 Å². The van der Waals surface area contributed by atoms with Crippen molar-refractivity contribution in [3.63, 3.8) is 0 Å². The molecule has 6 nitrogen and oxygen atoms in total. The molecule has 0 radical (unpaired) electrons. The topological polar surface area (TPSA) is 57.7 Å². The average molecular weight is 340 g/mol. The van der Waals surface area contributed by atoms with Gasteiger partial charge in [-0.15, -0.1) is 0 Å². The van der Waals surface area contributed by atoms with E-state index in [1.807, 2.05) is 19.1 Å². The van der Waals surface area contributed by atoms with Crippen molar-refractivity contribution in [3.05, 3.63) is 48.2 Å². The van der Waals surface area contributed by atoms with Gasteiger partial charge >= 0.3 is 0 Å². The first kappa shape index (κ1) is 17.2. The number of hydrogen-bond donors (Lipinski definition) is 1. The second-order valence-electron chi connectivity index (χ2n) is 6.11. The summed E-state index contributed by atoms with van der Waals surface area (Å²) in [6, 6.07) is 11.0. The molecule has 1 amide bonds. The standard InChI is InChI=1S/C19H24N4O2/c1-3-25-17-7-4-15(5-8-17)19(24)21-16-6-9-18(20-14-16)23-12-10-22(2)11-13-23/h4-9,14H,3,10-13H2,1-2H3,(H,21,24). The van der Waals surface area contributed by atoms with Crippen LogP contribution in [0.2, 0.25) is 0 Å². The molecule has 1 N–H and O–H groups in total. The highest BCUT2D eigenvalue weighted by molar-refractivity contribution is 6.04. The minimum atomic E-state index is -0.155. The van der Waals surface area contributed by atoms with Gasteiger partial charge in [-0.1, -0.05) is 0 Å². The summed E-state index contributed by atoms with van der Waals surface area (Å²) in [6.45, 7) is 6.56. The van der Waals surface area contributed by atoms with E-state index in [0.717, 1.165) is 37.7 Å². The number of aromatic nitrogens is 1. The van der Waals surface area contributed by atoms with E-state index in [4.69, 9.17) is 4.74 Å². The van der Waals surface area contributed by atoms with Gasteiger partial charge in [0.25, 0.3) is 5.91 Å². The molecule has 0 aliphatic carbocycles. The first-order valence-electron chi connectivity index (χ1n) is 8.59. The van der Waals surface area contributed by atoms with E-state index in [2.05, 4.69) is 27.1 Å². The van der Waals surface area contributed by atoms with Gasteiger partial charge < -0.3 is 19.9 Å². The van der Waals surface area contributed by atoms with Crippen LogP contribution in [0.4, 0.5) is 11.5 Å². The lowest BCUT2D eigenvalue weighted by Gasteiger charge is -2.33. The summed E-state index contributed by atoms with van der Waals surface area (Å²) in [6.07, 6.45) is 1.71. The van der Waals surface area contributed by atoms with Crippen LogP contribution < -0.4 is 15.0 Å². The molecule has 2 heterocycles. The van der Waals surface area contributed by atoms with E-state index in [9.17, 15) is 4.79 Å². The number of carbonyl (C=O) groups excluding carboxylic acids is 1. The summed E-state index contributed by atoms with van der Waals surface area (Å²) in [5.74, 6) is 1.56. The summed E-state index contributed by atoms with van der Waals surface area (Å²) in [5, 5.41) is 2.88. The molecule has 6 heteroatoms. The number of anilines is 2. The van der Waals surface area contributed by atoms with Crippen LogP contribution in [-0.4, -0.2) is 55.6 Å². The van der Waals surface area contributed by atoms with E-state index in [1.54, 1.807) is 30.5 Å². The molecule has 1 aromatic carbocycles. The van der Waals surface area contributed by atoms with Crippen molar-refractivity contribution in [1.82, 2.24) is 9.88 Å². The monoisotopic (exact) mass is 340 g/mol. The van der Waals surface area contributed by atoms with Gasteiger partial charge in [0.15, 0.2) is 0 Å². The molecule has 2 aromatic rings. The number of hydrogen-bond acceptors (Lipinski definition) is 5. The van der Waals surface area contributed by atoms with Gasteiger partial charge in [-0.2, -0.15) is 0 Å². The van der Waals surface area contributed by atoms with Gasteiger partial charge in [0.1, 0.15) is 11.6 Å². The molecule has 1 aromatic heterocycles. The van der Waals surface area contributed by atoms with Crippen molar-refractivity contribution in [2.24, 2.45) is 0 Å². The minimum Gasteiger partial charge on any atom is -0.494 e. The number of piperazine rings is 1.